The SMILES string of the molecule is Cc1ccc2c(c1)CCCN2C(=O)c1ccc(O)c(Cl)c1. The first-order chi connectivity index (χ1) is 10.1. The van der Waals surface area contributed by atoms with E-state index >= 15 is 0 Å². The van der Waals surface area contributed by atoms with Crippen LogP contribution in [0, 0.1) is 6.92 Å². The molecule has 0 aliphatic carbocycles. The number of hydrogen-bond acceptors (Lipinski definition) is 2. The molecule has 0 atom stereocenters. The number of nitrogens with zero attached hydrogens (tertiary/aromatic N) is 1. The number of halogens is 1. The molecule has 1 aliphatic heterocycles. The molecule has 0 unspecified atom stereocenters. The fraction of sp³-hybridized carbons (Fsp3) is 0.235. The maximum absolute atomic E-state index is 12.7. The number of carbonyl (C=O) groups is 1. The standard InChI is InChI=1S/C17H16ClNO2/c1-11-4-6-15-12(9-11)3-2-8-19(15)17(21)13-5-7-16(20)14(18)10-13/h4-7,9-10,20H,2-3,8H2,1H3. The fourth-order valence-corrected chi connectivity index (χ4v) is 2.91. The van der Waals surface area contributed by atoms with E-state index < -0.39 is 0 Å². The molecule has 2 aromatic rings. The number of phenolic OH excluding ortho intramolecular Hbond substituents is 1. The van der Waals surface area contributed by atoms with Crippen molar-refractivity contribution >= 4 is 23.2 Å². The monoisotopic (exact) mass is 301 g/mol. The predicted molar refractivity (Wildman–Crippen MR) is 84.3 cm³/mol. The van der Waals surface area contributed by atoms with Crippen LogP contribution in [0.15, 0.2) is 36.4 Å². The molecule has 0 radical (unpaired) electrons. The van der Waals surface area contributed by atoms with Crippen LogP contribution in [-0.4, -0.2) is 17.6 Å². The molecule has 0 saturated heterocycles. The van der Waals surface area contributed by atoms with Gasteiger partial charge in [-0.1, -0.05) is 29.3 Å². The number of fused-ring (bicyclic) bond motifs is 1. The zero-order valence-electron chi connectivity index (χ0n) is 11.8. The highest BCUT2D eigenvalue weighted by Crippen LogP contribution is 2.30. The van der Waals surface area contributed by atoms with Crippen molar-refractivity contribution in [1.29, 1.82) is 0 Å². The number of anilines is 1. The normalized spacial score (nSPS) is 13.9. The molecule has 1 heterocycles. The van der Waals surface area contributed by atoms with Crippen LogP contribution in [0.1, 0.15) is 27.9 Å². The number of aromatic hydroxyl groups is 1. The zero-order valence-corrected chi connectivity index (χ0v) is 12.5. The number of carbonyl (C=O) groups excluding carboxylic acids is 1. The minimum atomic E-state index is -0.0818. The van der Waals surface area contributed by atoms with Crippen LogP contribution in [0.25, 0.3) is 0 Å². The predicted octanol–water partition coefficient (Wildman–Crippen LogP) is 3.95. The highest BCUT2D eigenvalue weighted by molar-refractivity contribution is 6.32. The van der Waals surface area contributed by atoms with Gasteiger partial charge in [-0.2, -0.15) is 0 Å². The van der Waals surface area contributed by atoms with E-state index in [9.17, 15) is 9.90 Å². The van der Waals surface area contributed by atoms with E-state index in [0.717, 1.165) is 18.5 Å². The first kappa shape index (κ1) is 14.0. The zero-order chi connectivity index (χ0) is 15.0. The lowest BCUT2D eigenvalue weighted by atomic mass is 9.99. The van der Waals surface area contributed by atoms with Crippen molar-refractivity contribution in [1.82, 2.24) is 0 Å². The second kappa shape index (κ2) is 5.41. The number of phenols is 1. The first-order valence-corrected chi connectivity index (χ1v) is 7.34. The summed E-state index contributed by atoms with van der Waals surface area (Å²) in [4.78, 5) is 14.5. The van der Waals surface area contributed by atoms with Crippen LogP contribution >= 0.6 is 11.6 Å². The van der Waals surface area contributed by atoms with Gasteiger partial charge in [0.15, 0.2) is 0 Å². The molecule has 0 bridgehead atoms. The molecule has 1 aliphatic rings. The molecule has 3 rings (SSSR count). The van der Waals surface area contributed by atoms with E-state index in [4.69, 9.17) is 11.6 Å². The van der Waals surface area contributed by atoms with Gasteiger partial charge in [-0.25, -0.2) is 0 Å². The third-order valence-electron chi connectivity index (χ3n) is 3.79. The lowest BCUT2D eigenvalue weighted by Gasteiger charge is -2.30. The van der Waals surface area contributed by atoms with Gasteiger partial charge in [0, 0.05) is 17.8 Å². The number of benzene rings is 2. The molecule has 0 fully saturated rings. The summed E-state index contributed by atoms with van der Waals surface area (Å²) < 4.78 is 0. The van der Waals surface area contributed by atoms with Gasteiger partial charge >= 0.3 is 0 Å². The second-order valence-corrected chi connectivity index (χ2v) is 5.77. The molecule has 0 spiro atoms. The highest BCUT2D eigenvalue weighted by atomic mass is 35.5. The summed E-state index contributed by atoms with van der Waals surface area (Å²) in [5.74, 6) is -0.0930. The summed E-state index contributed by atoms with van der Waals surface area (Å²) in [7, 11) is 0. The van der Waals surface area contributed by atoms with E-state index in [0.29, 0.717) is 12.1 Å². The lowest BCUT2D eigenvalue weighted by molar-refractivity contribution is 0.0985. The molecule has 0 aromatic heterocycles. The van der Waals surface area contributed by atoms with Crippen molar-refractivity contribution in [3.05, 3.63) is 58.1 Å². The third kappa shape index (κ3) is 2.61. The molecule has 3 nitrogen and oxygen atoms in total. The molecule has 4 heteroatoms. The van der Waals surface area contributed by atoms with E-state index in [2.05, 4.69) is 13.0 Å². The van der Waals surface area contributed by atoms with E-state index in [1.165, 1.54) is 23.3 Å². The quantitative estimate of drug-likeness (QED) is 0.866. The topological polar surface area (TPSA) is 40.5 Å². The summed E-state index contributed by atoms with van der Waals surface area (Å²) in [6.07, 6.45) is 1.95. The van der Waals surface area contributed by atoms with Crippen LogP contribution < -0.4 is 4.90 Å². The first-order valence-electron chi connectivity index (χ1n) is 6.96. The highest BCUT2D eigenvalue weighted by Gasteiger charge is 2.23. The van der Waals surface area contributed by atoms with E-state index in [1.54, 1.807) is 11.0 Å². The minimum absolute atomic E-state index is 0.0112. The average molecular weight is 302 g/mol. The minimum Gasteiger partial charge on any atom is -0.506 e. The van der Waals surface area contributed by atoms with Gasteiger partial charge in [0.05, 0.1) is 5.02 Å². The van der Waals surface area contributed by atoms with Crippen LogP contribution in [0.4, 0.5) is 5.69 Å². The molecule has 108 valence electrons. The summed E-state index contributed by atoms with van der Waals surface area (Å²) in [6, 6.07) is 10.7. The summed E-state index contributed by atoms with van der Waals surface area (Å²) in [5, 5.41) is 9.66. The van der Waals surface area contributed by atoms with E-state index in [-0.39, 0.29) is 16.7 Å². The van der Waals surface area contributed by atoms with Gasteiger partial charge in [-0.05, 0) is 49.6 Å². The van der Waals surface area contributed by atoms with Gasteiger partial charge < -0.3 is 10.0 Å². The maximum Gasteiger partial charge on any atom is 0.258 e. The van der Waals surface area contributed by atoms with Crippen molar-refractivity contribution in [2.75, 3.05) is 11.4 Å². The molecule has 0 saturated carbocycles. The molecule has 1 amide bonds. The Morgan fingerprint density at radius 2 is 2.05 bits per heavy atom. The molecular weight excluding hydrogens is 286 g/mol. The largest absolute Gasteiger partial charge is 0.506 e. The van der Waals surface area contributed by atoms with Gasteiger partial charge in [0.2, 0.25) is 0 Å². The number of hydrogen-bond donors (Lipinski definition) is 1. The van der Waals surface area contributed by atoms with Crippen LogP contribution in [0.2, 0.25) is 5.02 Å². The molecule has 21 heavy (non-hydrogen) atoms. The van der Waals surface area contributed by atoms with Crippen molar-refractivity contribution in [3.8, 4) is 5.75 Å². The fourth-order valence-electron chi connectivity index (χ4n) is 2.73. The number of rotatable bonds is 1. The van der Waals surface area contributed by atoms with Gasteiger partial charge in [-0.15, -0.1) is 0 Å². The second-order valence-electron chi connectivity index (χ2n) is 5.36. The van der Waals surface area contributed by atoms with Crippen molar-refractivity contribution in [2.45, 2.75) is 19.8 Å². The van der Waals surface area contributed by atoms with Crippen molar-refractivity contribution in [3.63, 3.8) is 0 Å². The maximum atomic E-state index is 12.7. The van der Waals surface area contributed by atoms with Gasteiger partial charge in [0.25, 0.3) is 5.91 Å². The Morgan fingerprint density at radius 3 is 2.81 bits per heavy atom. The van der Waals surface area contributed by atoms with Gasteiger partial charge in [-0.3, -0.25) is 4.79 Å². The van der Waals surface area contributed by atoms with Gasteiger partial charge in [0.1, 0.15) is 5.75 Å². The van der Waals surface area contributed by atoms with Crippen LogP contribution in [0.5, 0.6) is 5.75 Å². The third-order valence-corrected chi connectivity index (χ3v) is 4.10. The Morgan fingerprint density at radius 1 is 1.24 bits per heavy atom. The molecular formula is C17H16ClNO2. The average Bonchev–Trinajstić information content (AvgIpc) is 2.48. The van der Waals surface area contributed by atoms with Crippen molar-refractivity contribution < 1.29 is 9.90 Å². The number of aryl methyl sites for hydroxylation is 2. The summed E-state index contributed by atoms with van der Waals surface area (Å²) >= 11 is 5.90. The summed E-state index contributed by atoms with van der Waals surface area (Å²) in [6.45, 7) is 2.76. The Labute approximate surface area is 128 Å². The summed E-state index contributed by atoms with van der Waals surface area (Å²) in [5.41, 5.74) is 3.88. The van der Waals surface area contributed by atoms with E-state index in [1.807, 2.05) is 12.1 Å². The Kier molecular flexibility index (Phi) is 3.60. The lowest BCUT2D eigenvalue weighted by Crippen LogP contribution is -2.35. The number of amides is 1. The van der Waals surface area contributed by atoms with Crippen LogP contribution in [0.3, 0.4) is 0 Å². The van der Waals surface area contributed by atoms with Crippen molar-refractivity contribution in [2.24, 2.45) is 0 Å². The Hall–Kier alpha value is -2.00. The Bertz CT molecular complexity index is 712. The molecule has 1 N–H and O–H groups in total. The smallest absolute Gasteiger partial charge is 0.258 e. The van der Waals surface area contributed by atoms with Crippen LogP contribution in [-0.2, 0) is 6.42 Å². The molecule has 2 aromatic carbocycles. The Balaban J connectivity index is 1.98.